The quantitative estimate of drug-likeness (QED) is 0.497. The van der Waals surface area contributed by atoms with Crippen LogP contribution in [0.4, 0.5) is 25.8 Å². The van der Waals surface area contributed by atoms with E-state index in [0.717, 1.165) is 24.2 Å². The summed E-state index contributed by atoms with van der Waals surface area (Å²) in [7, 11) is 1.88. The topological polar surface area (TPSA) is 74.7 Å². The molecular weight excluding hydrogens is 416 g/mol. The molecule has 0 spiro atoms. The summed E-state index contributed by atoms with van der Waals surface area (Å²) in [4.78, 5) is 17.3. The minimum absolute atomic E-state index is 0.118. The van der Waals surface area contributed by atoms with Gasteiger partial charge in [0.15, 0.2) is 0 Å². The number of carbonyl (C=O) groups is 1. The van der Waals surface area contributed by atoms with Crippen LogP contribution in [0.15, 0.2) is 60.9 Å². The molecule has 2 aromatic carbocycles. The van der Waals surface area contributed by atoms with Crippen LogP contribution in [0.3, 0.4) is 0 Å². The van der Waals surface area contributed by atoms with Crippen molar-refractivity contribution in [1.82, 2.24) is 4.98 Å². The van der Waals surface area contributed by atoms with Gasteiger partial charge in [-0.1, -0.05) is 12.1 Å². The van der Waals surface area contributed by atoms with Crippen LogP contribution in [0.1, 0.15) is 33.8 Å². The number of aromatic nitrogens is 1. The monoisotopic (exact) mass is 439 g/mol. The molecule has 6 nitrogen and oxygen atoms in total. The van der Waals surface area contributed by atoms with Crippen molar-refractivity contribution in [3.8, 4) is 5.75 Å². The van der Waals surface area contributed by atoms with Crippen molar-refractivity contribution >= 4 is 23.0 Å². The molecule has 0 unspecified atom stereocenters. The van der Waals surface area contributed by atoms with Crippen LogP contribution in [-0.2, 0) is 6.42 Å². The molecule has 0 saturated heterocycles. The molecule has 166 valence electrons. The Morgan fingerprint density at radius 2 is 2.06 bits per heavy atom. The van der Waals surface area contributed by atoms with Crippen LogP contribution in [0, 0.1) is 0 Å². The highest BCUT2D eigenvalue weighted by Gasteiger charge is 2.24. The zero-order valence-electron chi connectivity index (χ0n) is 17.5. The zero-order valence-corrected chi connectivity index (χ0v) is 17.5. The molecule has 1 heterocycles. The molecule has 1 aliphatic rings. The highest BCUT2D eigenvalue weighted by atomic mass is 19.3. The molecule has 0 amide bonds. The van der Waals surface area contributed by atoms with Gasteiger partial charge in [-0.05, 0) is 54.3 Å². The second-order valence-electron chi connectivity index (χ2n) is 7.66. The fraction of sp³-hybridized carbons (Fsp3) is 0.250. The average molecular weight is 439 g/mol. The lowest BCUT2D eigenvalue weighted by atomic mass is 10.0. The van der Waals surface area contributed by atoms with Crippen molar-refractivity contribution < 1.29 is 23.4 Å². The Hall–Kier alpha value is -3.68. The summed E-state index contributed by atoms with van der Waals surface area (Å²) in [6.07, 6.45) is 4.86. The highest BCUT2D eigenvalue weighted by Crippen LogP contribution is 2.37. The van der Waals surface area contributed by atoms with Crippen LogP contribution in [0.25, 0.3) is 0 Å². The Labute approximate surface area is 184 Å². The van der Waals surface area contributed by atoms with E-state index in [1.54, 1.807) is 12.1 Å². The summed E-state index contributed by atoms with van der Waals surface area (Å²) in [5.41, 5.74) is 4.86. The molecule has 0 aliphatic heterocycles. The Balaban J connectivity index is 1.48. The van der Waals surface area contributed by atoms with Crippen molar-refractivity contribution in [2.24, 2.45) is 0 Å². The first kappa shape index (κ1) is 21.5. The first-order valence-electron chi connectivity index (χ1n) is 10.2. The Morgan fingerprint density at radius 1 is 1.25 bits per heavy atom. The van der Waals surface area contributed by atoms with Gasteiger partial charge in [-0.2, -0.15) is 8.78 Å². The molecule has 0 radical (unpaired) electrons. The first-order chi connectivity index (χ1) is 15.4. The number of halogens is 2. The van der Waals surface area contributed by atoms with E-state index in [1.807, 2.05) is 24.1 Å². The fourth-order valence-corrected chi connectivity index (χ4v) is 4.09. The lowest BCUT2D eigenvalue weighted by Gasteiger charge is -2.22. The molecule has 4 rings (SSSR count). The van der Waals surface area contributed by atoms with Gasteiger partial charge < -0.3 is 20.1 Å². The van der Waals surface area contributed by atoms with Gasteiger partial charge in [0.25, 0.3) is 0 Å². The van der Waals surface area contributed by atoms with Crippen LogP contribution < -0.4 is 15.0 Å². The van der Waals surface area contributed by atoms with Crippen molar-refractivity contribution in [2.45, 2.75) is 25.4 Å². The summed E-state index contributed by atoms with van der Waals surface area (Å²) >= 11 is 0. The summed E-state index contributed by atoms with van der Waals surface area (Å²) < 4.78 is 29.6. The number of rotatable bonds is 8. The normalized spacial score (nSPS) is 14.8. The number of nitrogens with zero attached hydrogens (tertiary/aromatic N) is 2. The van der Waals surface area contributed by atoms with E-state index in [9.17, 15) is 18.7 Å². The predicted octanol–water partition coefficient (Wildman–Crippen LogP) is 5.29. The SMILES string of the molecule is CN(c1cccc(OC(F)F)c1)c1ccc2c(c1)CC[C@H]2CNc1cnccc1C(=O)O. The van der Waals surface area contributed by atoms with Gasteiger partial charge in [-0.3, -0.25) is 4.98 Å². The molecule has 0 bridgehead atoms. The van der Waals surface area contributed by atoms with E-state index in [0.29, 0.717) is 12.2 Å². The third kappa shape index (κ3) is 4.64. The Morgan fingerprint density at radius 3 is 2.84 bits per heavy atom. The molecule has 1 aromatic heterocycles. The van der Waals surface area contributed by atoms with Gasteiger partial charge in [0.2, 0.25) is 0 Å². The van der Waals surface area contributed by atoms with E-state index < -0.39 is 12.6 Å². The van der Waals surface area contributed by atoms with Gasteiger partial charge in [0.05, 0.1) is 17.4 Å². The third-order valence-electron chi connectivity index (χ3n) is 5.74. The summed E-state index contributed by atoms with van der Waals surface area (Å²) in [5.74, 6) is -0.612. The zero-order chi connectivity index (χ0) is 22.7. The number of hydrogen-bond acceptors (Lipinski definition) is 5. The minimum atomic E-state index is -2.86. The molecule has 3 aromatic rings. The minimum Gasteiger partial charge on any atom is -0.478 e. The van der Waals surface area contributed by atoms with Gasteiger partial charge in [0.1, 0.15) is 5.75 Å². The number of hydrogen-bond donors (Lipinski definition) is 2. The third-order valence-corrected chi connectivity index (χ3v) is 5.74. The molecule has 0 saturated carbocycles. The lowest BCUT2D eigenvalue weighted by Crippen LogP contribution is -2.14. The number of nitrogens with one attached hydrogen (secondary N) is 1. The molecule has 1 atom stereocenters. The molecule has 2 N–H and O–H groups in total. The molecular formula is C24H23F2N3O3. The summed E-state index contributed by atoms with van der Waals surface area (Å²) in [6.45, 7) is -2.25. The van der Waals surface area contributed by atoms with E-state index in [4.69, 9.17) is 0 Å². The number of benzene rings is 2. The number of fused-ring (bicyclic) bond motifs is 1. The Kier molecular flexibility index (Phi) is 6.20. The number of carboxylic acids is 1. The van der Waals surface area contributed by atoms with Gasteiger partial charge in [-0.15, -0.1) is 0 Å². The number of aryl methyl sites for hydroxylation is 1. The van der Waals surface area contributed by atoms with Crippen molar-refractivity contribution in [3.63, 3.8) is 0 Å². The van der Waals surface area contributed by atoms with Gasteiger partial charge in [0, 0.05) is 43.1 Å². The maximum atomic E-state index is 12.5. The number of pyridine rings is 1. The standard InChI is InChI=1S/C24H23F2N3O3/c1-29(17-3-2-4-19(12-17)32-24(25)26)18-7-8-20-15(11-18)5-6-16(20)13-28-22-14-27-10-9-21(22)23(30)31/h2-4,7-12,14,16,24,28H,5-6,13H2,1H3,(H,30,31)/t16-/m0/s1. The largest absolute Gasteiger partial charge is 0.478 e. The van der Waals surface area contributed by atoms with Gasteiger partial charge >= 0.3 is 12.6 Å². The predicted molar refractivity (Wildman–Crippen MR) is 118 cm³/mol. The van der Waals surface area contributed by atoms with E-state index in [1.165, 1.54) is 35.7 Å². The number of ether oxygens (including phenoxy) is 1. The van der Waals surface area contributed by atoms with Crippen LogP contribution in [0.2, 0.25) is 0 Å². The fourth-order valence-electron chi connectivity index (χ4n) is 4.09. The van der Waals surface area contributed by atoms with Crippen molar-refractivity contribution in [2.75, 3.05) is 23.8 Å². The van der Waals surface area contributed by atoms with E-state index in [-0.39, 0.29) is 17.2 Å². The maximum Gasteiger partial charge on any atom is 0.387 e. The smallest absolute Gasteiger partial charge is 0.387 e. The van der Waals surface area contributed by atoms with Crippen molar-refractivity contribution in [3.05, 3.63) is 77.6 Å². The highest BCUT2D eigenvalue weighted by molar-refractivity contribution is 5.93. The number of aromatic carboxylic acids is 1. The molecule has 0 fully saturated rings. The second-order valence-corrected chi connectivity index (χ2v) is 7.66. The van der Waals surface area contributed by atoms with E-state index in [2.05, 4.69) is 27.2 Å². The summed E-state index contributed by atoms with van der Waals surface area (Å²) in [5, 5.41) is 12.6. The second kappa shape index (κ2) is 9.21. The average Bonchev–Trinajstić information content (AvgIpc) is 3.19. The van der Waals surface area contributed by atoms with Crippen LogP contribution >= 0.6 is 0 Å². The van der Waals surface area contributed by atoms with Gasteiger partial charge in [-0.25, -0.2) is 4.79 Å². The van der Waals surface area contributed by atoms with Crippen LogP contribution in [0.5, 0.6) is 5.75 Å². The molecule has 1 aliphatic carbocycles. The lowest BCUT2D eigenvalue weighted by molar-refractivity contribution is -0.0498. The first-order valence-corrected chi connectivity index (χ1v) is 10.2. The van der Waals surface area contributed by atoms with E-state index >= 15 is 0 Å². The summed E-state index contributed by atoms with van der Waals surface area (Å²) in [6, 6.07) is 14.3. The molecule has 32 heavy (non-hydrogen) atoms. The number of anilines is 3. The number of carboxylic acid groups (broad SMARTS) is 1. The number of alkyl halides is 2. The van der Waals surface area contributed by atoms with Crippen molar-refractivity contribution in [1.29, 1.82) is 0 Å². The Bertz CT molecular complexity index is 1120. The van der Waals surface area contributed by atoms with Crippen LogP contribution in [-0.4, -0.2) is 36.3 Å². The maximum absolute atomic E-state index is 12.5. The molecule has 8 heteroatoms.